The van der Waals surface area contributed by atoms with Gasteiger partial charge in [-0.15, -0.1) is 0 Å². The van der Waals surface area contributed by atoms with E-state index < -0.39 is 17.3 Å². The maximum Gasteiger partial charge on any atom is 0.313 e. The van der Waals surface area contributed by atoms with E-state index >= 15 is 0 Å². The van der Waals surface area contributed by atoms with Crippen molar-refractivity contribution in [3.8, 4) is 5.75 Å². The van der Waals surface area contributed by atoms with Gasteiger partial charge in [0.2, 0.25) is 11.2 Å². The average molecular weight is 472 g/mol. The third-order valence-electron chi connectivity index (χ3n) is 7.06. The van der Waals surface area contributed by atoms with Crippen LogP contribution in [0.1, 0.15) is 65.5 Å². The number of aromatic nitrogens is 2. The zero-order chi connectivity index (χ0) is 24.7. The number of amides is 1. The van der Waals surface area contributed by atoms with Gasteiger partial charge in [0.25, 0.3) is 5.91 Å². The predicted molar refractivity (Wildman–Crippen MR) is 132 cm³/mol. The summed E-state index contributed by atoms with van der Waals surface area (Å²) in [7, 11) is 0. The van der Waals surface area contributed by atoms with Crippen LogP contribution in [0.3, 0.4) is 0 Å². The van der Waals surface area contributed by atoms with Gasteiger partial charge in [-0.1, -0.05) is 62.4 Å². The van der Waals surface area contributed by atoms with Crippen molar-refractivity contribution in [2.45, 2.75) is 45.6 Å². The predicted octanol–water partition coefficient (Wildman–Crippen LogP) is 3.75. The van der Waals surface area contributed by atoms with Crippen molar-refractivity contribution in [1.29, 1.82) is 0 Å². The first-order chi connectivity index (χ1) is 16.9. The van der Waals surface area contributed by atoms with E-state index in [4.69, 9.17) is 4.74 Å². The number of carbonyl (C=O) groups excluding carboxylic acids is 2. The highest BCUT2D eigenvalue weighted by atomic mass is 16.5. The van der Waals surface area contributed by atoms with Gasteiger partial charge in [-0.3, -0.25) is 19.1 Å². The lowest BCUT2D eigenvalue weighted by atomic mass is 9.81. The van der Waals surface area contributed by atoms with Crippen molar-refractivity contribution in [3.05, 3.63) is 92.9 Å². The number of nitrogens with zero attached hydrogens (tertiary/aromatic N) is 3. The molecule has 1 amide bonds. The average Bonchev–Trinajstić information content (AvgIpc) is 3.03. The van der Waals surface area contributed by atoms with Crippen molar-refractivity contribution in [2.24, 2.45) is 5.92 Å². The minimum Gasteiger partial charge on any atom is -0.420 e. The fourth-order valence-corrected chi connectivity index (χ4v) is 5.25. The van der Waals surface area contributed by atoms with Gasteiger partial charge in [0.15, 0.2) is 5.69 Å². The molecule has 0 N–H and O–H groups in total. The normalized spacial score (nSPS) is 17.4. The van der Waals surface area contributed by atoms with Gasteiger partial charge in [-0.2, -0.15) is 5.10 Å². The smallest absolute Gasteiger partial charge is 0.313 e. The van der Waals surface area contributed by atoms with Gasteiger partial charge in [-0.05, 0) is 42.0 Å². The molecule has 3 aromatic rings. The lowest BCUT2D eigenvalue weighted by molar-refractivity contribution is -0.137. The molecule has 2 aliphatic rings. The highest BCUT2D eigenvalue weighted by molar-refractivity contribution is 5.96. The second-order valence-corrected chi connectivity index (χ2v) is 9.49. The van der Waals surface area contributed by atoms with E-state index in [0.717, 1.165) is 19.0 Å². The first-order valence-corrected chi connectivity index (χ1v) is 12.2. The summed E-state index contributed by atoms with van der Waals surface area (Å²) in [5, 5.41) is 4.45. The van der Waals surface area contributed by atoms with E-state index in [1.807, 2.05) is 19.1 Å². The third-order valence-corrected chi connectivity index (χ3v) is 7.06. The summed E-state index contributed by atoms with van der Waals surface area (Å²) in [4.78, 5) is 40.5. The van der Waals surface area contributed by atoms with Crippen LogP contribution in [0.15, 0.2) is 59.5 Å². The summed E-state index contributed by atoms with van der Waals surface area (Å²) < 4.78 is 7.14. The summed E-state index contributed by atoms with van der Waals surface area (Å²) in [6, 6.07) is 16.5. The van der Waals surface area contributed by atoms with Gasteiger partial charge in [0, 0.05) is 19.0 Å². The zero-order valence-corrected chi connectivity index (χ0v) is 20.2. The maximum absolute atomic E-state index is 13.5. The highest BCUT2D eigenvalue weighted by Crippen LogP contribution is 2.43. The highest BCUT2D eigenvalue weighted by Gasteiger charge is 2.41. The lowest BCUT2D eigenvalue weighted by Gasteiger charge is -2.39. The summed E-state index contributed by atoms with van der Waals surface area (Å²) in [5.74, 6) is -1.67. The molecule has 7 heteroatoms. The molecule has 180 valence electrons. The molecule has 35 heavy (non-hydrogen) atoms. The first kappa shape index (κ1) is 23.0. The summed E-state index contributed by atoms with van der Waals surface area (Å²) in [6.07, 6.45) is 3.01. The molecule has 0 bridgehead atoms. The van der Waals surface area contributed by atoms with Gasteiger partial charge in [-0.25, -0.2) is 0 Å². The lowest BCUT2D eigenvalue weighted by Crippen LogP contribution is -2.47. The van der Waals surface area contributed by atoms with Crippen molar-refractivity contribution in [2.75, 3.05) is 13.1 Å². The second-order valence-electron chi connectivity index (χ2n) is 9.49. The number of hydrogen-bond acceptors (Lipinski definition) is 5. The molecule has 1 aliphatic heterocycles. The van der Waals surface area contributed by atoms with Crippen LogP contribution in [0.5, 0.6) is 5.75 Å². The Morgan fingerprint density at radius 2 is 1.63 bits per heavy atom. The van der Waals surface area contributed by atoms with Crippen LogP contribution in [0.2, 0.25) is 0 Å². The Labute approximate surface area is 204 Å². The van der Waals surface area contributed by atoms with Gasteiger partial charge in [0.05, 0.1) is 18.2 Å². The molecule has 5 rings (SSSR count). The van der Waals surface area contributed by atoms with E-state index in [1.165, 1.54) is 22.3 Å². The topological polar surface area (TPSA) is 81.5 Å². The molecule has 7 nitrogen and oxygen atoms in total. The molecular weight excluding hydrogens is 442 g/mol. The Hall–Kier alpha value is -3.74. The molecule has 2 heterocycles. The van der Waals surface area contributed by atoms with Crippen LogP contribution in [0.25, 0.3) is 0 Å². The summed E-state index contributed by atoms with van der Waals surface area (Å²) in [6.45, 7) is 6.19. The third kappa shape index (κ3) is 3.95. The van der Waals surface area contributed by atoms with Gasteiger partial charge < -0.3 is 9.64 Å². The van der Waals surface area contributed by atoms with Crippen LogP contribution < -0.4 is 10.2 Å². The Bertz CT molecular complexity index is 1310. The van der Waals surface area contributed by atoms with Crippen molar-refractivity contribution < 1.29 is 14.3 Å². The van der Waals surface area contributed by atoms with Crippen LogP contribution in [-0.2, 0) is 17.6 Å². The molecule has 0 unspecified atom stereocenters. The van der Waals surface area contributed by atoms with E-state index in [9.17, 15) is 14.4 Å². The SMILES string of the molecule is CCN1C[C@H](C2c3ccccc3CCc3ccccc32)n2ncc(=O)c(OC(=O)C(C)C)c2C1=O. The van der Waals surface area contributed by atoms with E-state index in [0.29, 0.717) is 13.1 Å². The van der Waals surface area contributed by atoms with Crippen LogP contribution in [-0.4, -0.2) is 39.6 Å². The standard InChI is InChI=1S/C28H29N3O4/c1-4-30-16-22(31-25(27(30)33)26(23(32)15-29-31)35-28(34)17(2)3)24-20-11-7-5-9-18(20)13-14-19-10-6-8-12-21(19)24/h5-12,15,17,22,24H,4,13-14,16H2,1-3H3/t22-/m1/s1. The van der Waals surface area contributed by atoms with Gasteiger partial charge in [0.1, 0.15) is 0 Å². The second kappa shape index (κ2) is 9.13. The number of ether oxygens (including phenoxy) is 1. The minimum absolute atomic E-state index is 0.0452. The molecular formula is C28H29N3O4. The fraction of sp³-hybridized carbons (Fsp3) is 0.357. The molecule has 0 saturated heterocycles. The van der Waals surface area contributed by atoms with Crippen LogP contribution in [0.4, 0.5) is 0 Å². The Balaban J connectivity index is 1.75. The van der Waals surface area contributed by atoms with E-state index in [1.54, 1.807) is 23.4 Å². The van der Waals surface area contributed by atoms with Crippen molar-refractivity contribution in [3.63, 3.8) is 0 Å². The minimum atomic E-state index is -0.572. The monoisotopic (exact) mass is 471 g/mol. The molecule has 1 atom stereocenters. The largest absolute Gasteiger partial charge is 0.420 e. The van der Waals surface area contributed by atoms with Gasteiger partial charge >= 0.3 is 5.97 Å². The molecule has 0 saturated carbocycles. The summed E-state index contributed by atoms with van der Waals surface area (Å²) in [5.41, 5.74) is 4.39. The molecule has 0 spiro atoms. The number of rotatable bonds is 4. The molecule has 1 aliphatic carbocycles. The quantitative estimate of drug-likeness (QED) is 0.542. The number of carbonyl (C=O) groups is 2. The fourth-order valence-electron chi connectivity index (χ4n) is 5.25. The molecule has 2 aromatic carbocycles. The number of benzene rings is 2. The Morgan fingerprint density at radius 3 is 2.20 bits per heavy atom. The number of aryl methyl sites for hydroxylation is 2. The van der Waals surface area contributed by atoms with Crippen LogP contribution in [0, 0.1) is 5.92 Å². The molecule has 0 fully saturated rings. The van der Waals surface area contributed by atoms with E-state index in [2.05, 4.69) is 41.5 Å². The Morgan fingerprint density at radius 1 is 1.03 bits per heavy atom. The first-order valence-electron chi connectivity index (χ1n) is 12.2. The van der Waals surface area contributed by atoms with Crippen molar-refractivity contribution >= 4 is 11.9 Å². The number of hydrogen-bond donors (Lipinski definition) is 0. The number of esters is 1. The summed E-state index contributed by atoms with van der Waals surface area (Å²) >= 11 is 0. The molecule has 1 aromatic heterocycles. The molecule has 0 radical (unpaired) electrons. The van der Waals surface area contributed by atoms with E-state index in [-0.39, 0.29) is 29.3 Å². The van der Waals surface area contributed by atoms with Crippen molar-refractivity contribution in [1.82, 2.24) is 14.7 Å². The number of fused-ring (bicyclic) bond motifs is 3. The van der Waals surface area contributed by atoms with Crippen LogP contribution >= 0.6 is 0 Å². The maximum atomic E-state index is 13.5. The number of likely N-dealkylation sites (N-methyl/N-ethyl adjacent to an activating group) is 1. The Kier molecular flexibility index (Phi) is 6.01. The zero-order valence-electron chi connectivity index (χ0n) is 20.2.